The number of aromatic carboxylic acids is 2. The Bertz CT molecular complexity index is 1510. The Morgan fingerprint density at radius 2 is 1.88 bits per heavy atom. The molecule has 4 rings (SSSR count). The van der Waals surface area contributed by atoms with E-state index in [1.165, 1.54) is 30.3 Å². The maximum absolute atomic E-state index is 12.5. The van der Waals surface area contributed by atoms with E-state index in [1.54, 1.807) is 0 Å². The van der Waals surface area contributed by atoms with E-state index in [4.69, 9.17) is 10.4 Å². The lowest BCUT2D eigenvalue weighted by Crippen LogP contribution is -2.08. The summed E-state index contributed by atoms with van der Waals surface area (Å²) in [5, 5.41) is 52.6. The molecule has 4 aromatic rings. The van der Waals surface area contributed by atoms with Crippen LogP contribution in [-0.4, -0.2) is 47.1 Å². The number of aromatic nitrogens is 3. The first-order valence-electron chi connectivity index (χ1n) is 8.75. The lowest BCUT2D eigenvalue weighted by Gasteiger charge is -2.04. The minimum absolute atomic E-state index is 0.0357. The molecule has 15 heteroatoms. The van der Waals surface area contributed by atoms with Gasteiger partial charge in [0.2, 0.25) is 11.6 Å². The predicted molar refractivity (Wildman–Crippen MR) is 110 cm³/mol. The topological polar surface area (TPSA) is 208 Å². The van der Waals surface area contributed by atoms with E-state index in [1.807, 2.05) is 0 Å². The Morgan fingerprint density at radius 1 is 1.09 bits per heavy atom. The number of fused-ring (bicyclic) bond motifs is 3. The molecule has 0 saturated carbocycles. The molecule has 33 heavy (non-hydrogen) atoms. The molecule has 0 fully saturated rings. The number of carboxylic acids is 2. The predicted octanol–water partition coefficient (Wildman–Crippen LogP) is 3.12. The van der Waals surface area contributed by atoms with E-state index in [-0.39, 0.29) is 32.9 Å². The summed E-state index contributed by atoms with van der Waals surface area (Å²) < 4.78 is 5.20. The third-order valence-electron chi connectivity index (χ3n) is 4.40. The summed E-state index contributed by atoms with van der Waals surface area (Å²) in [6.45, 7) is 0. The number of nitrogens with one attached hydrogen (secondary N) is 1. The van der Waals surface area contributed by atoms with Crippen molar-refractivity contribution in [1.82, 2.24) is 14.6 Å². The lowest BCUT2D eigenvalue weighted by molar-refractivity contribution is -0.432. The summed E-state index contributed by atoms with van der Waals surface area (Å²) in [5.41, 5.74) is -1.59. The molecule has 0 unspecified atom stereocenters. The van der Waals surface area contributed by atoms with Crippen molar-refractivity contribution < 1.29 is 39.5 Å². The molecule has 5 N–H and O–H groups in total. The van der Waals surface area contributed by atoms with E-state index in [0.29, 0.717) is 17.4 Å². The van der Waals surface area contributed by atoms with Gasteiger partial charge in [-0.25, -0.2) is 14.8 Å². The molecule has 0 spiro atoms. The summed E-state index contributed by atoms with van der Waals surface area (Å²) in [7, 11) is 0. The SMILES string of the molecule is O=C(O)c1ccc2c(c1)nn1c(O)c(N=Nc3ccc(SOOO)cc3C(=O)O)c(=O)[nH]c21. The van der Waals surface area contributed by atoms with Crippen LogP contribution in [0.5, 0.6) is 5.88 Å². The highest BCUT2D eigenvalue weighted by Gasteiger charge is 2.18. The zero-order chi connectivity index (χ0) is 23.7. The van der Waals surface area contributed by atoms with Gasteiger partial charge in [0.05, 0.1) is 28.7 Å². The molecule has 2 aromatic heterocycles. The Kier molecular flexibility index (Phi) is 5.76. The molecule has 0 saturated heterocycles. The van der Waals surface area contributed by atoms with Gasteiger partial charge in [0.1, 0.15) is 11.3 Å². The monoisotopic (exact) mass is 473 g/mol. The van der Waals surface area contributed by atoms with Gasteiger partial charge in [-0.3, -0.25) is 4.79 Å². The highest BCUT2D eigenvalue weighted by Crippen LogP contribution is 2.31. The zero-order valence-electron chi connectivity index (χ0n) is 16.0. The number of H-pyrrole nitrogens is 1. The first-order chi connectivity index (χ1) is 15.8. The second-order valence-electron chi connectivity index (χ2n) is 6.33. The molecule has 168 valence electrons. The van der Waals surface area contributed by atoms with Gasteiger partial charge in [0.15, 0.2) is 0 Å². The molecule has 2 aromatic carbocycles. The quantitative estimate of drug-likeness (QED) is 0.114. The molecule has 0 aliphatic rings. The van der Waals surface area contributed by atoms with Crippen LogP contribution in [0.25, 0.3) is 16.6 Å². The van der Waals surface area contributed by atoms with Crippen molar-refractivity contribution in [3.63, 3.8) is 0 Å². The number of carbonyl (C=O) groups is 2. The van der Waals surface area contributed by atoms with E-state index < -0.39 is 29.1 Å². The number of hydrogen-bond acceptors (Lipinski definition) is 11. The number of carboxylic acid groups (broad SMARTS) is 2. The molecule has 0 bridgehead atoms. The van der Waals surface area contributed by atoms with E-state index in [9.17, 15) is 24.6 Å². The van der Waals surface area contributed by atoms with Crippen LogP contribution in [0.3, 0.4) is 0 Å². The van der Waals surface area contributed by atoms with Crippen molar-refractivity contribution in [3.05, 3.63) is 57.9 Å². The molecule has 14 nitrogen and oxygen atoms in total. The van der Waals surface area contributed by atoms with Crippen molar-refractivity contribution >= 4 is 51.9 Å². The molecule has 2 heterocycles. The van der Waals surface area contributed by atoms with Gasteiger partial charge in [-0.1, -0.05) is 5.04 Å². The largest absolute Gasteiger partial charge is 0.491 e. The van der Waals surface area contributed by atoms with Crippen molar-refractivity contribution in [3.8, 4) is 5.88 Å². The minimum Gasteiger partial charge on any atom is -0.491 e. The Hall–Kier alpha value is -4.31. The molecule has 0 atom stereocenters. The lowest BCUT2D eigenvalue weighted by atomic mass is 10.1. The van der Waals surface area contributed by atoms with Gasteiger partial charge in [0.25, 0.3) is 5.56 Å². The standard InChI is InChI=1S/C18H11N5O9S/c24-15-13(21-20-11-4-2-8(33-32-31-30)6-10(11)18(28)29)16(25)23-14(19-15)9-3-1-7(17(26)27)5-12(9)22-23/h1-6,25,30H,(H,19,24)(H,26,27)(H,28,29). The summed E-state index contributed by atoms with van der Waals surface area (Å²) in [5.74, 6) is -3.23. The van der Waals surface area contributed by atoms with E-state index in [2.05, 4.69) is 29.7 Å². The third kappa shape index (κ3) is 4.11. The second kappa shape index (κ2) is 8.67. The number of aromatic amines is 1. The molecule has 0 aliphatic heterocycles. The van der Waals surface area contributed by atoms with Gasteiger partial charge >= 0.3 is 11.9 Å². The first-order valence-corrected chi connectivity index (χ1v) is 9.49. The van der Waals surface area contributed by atoms with Gasteiger partial charge in [-0.15, -0.1) is 14.6 Å². The number of benzene rings is 2. The van der Waals surface area contributed by atoms with Crippen LogP contribution in [0.1, 0.15) is 20.7 Å². The van der Waals surface area contributed by atoms with Crippen LogP contribution in [0.15, 0.2) is 56.3 Å². The second-order valence-corrected chi connectivity index (χ2v) is 7.11. The van der Waals surface area contributed by atoms with Gasteiger partial charge in [-0.05, 0) is 36.4 Å². The highest BCUT2D eigenvalue weighted by atomic mass is 32.2. The van der Waals surface area contributed by atoms with Crippen LogP contribution >= 0.6 is 12.0 Å². The number of rotatable bonds is 7. The van der Waals surface area contributed by atoms with Crippen LogP contribution in [-0.2, 0) is 9.37 Å². The zero-order valence-corrected chi connectivity index (χ0v) is 16.8. The molecule has 0 radical (unpaired) electrons. The fourth-order valence-electron chi connectivity index (χ4n) is 2.94. The van der Waals surface area contributed by atoms with Gasteiger partial charge in [-0.2, -0.15) is 9.61 Å². The van der Waals surface area contributed by atoms with Crippen LogP contribution < -0.4 is 5.56 Å². The number of azo groups is 1. The number of aromatic hydroxyl groups is 1. The van der Waals surface area contributed by atoms with Gasteiger partial charge in [0, 0.05) is 10.3 Å². The summed E-state index contributed by atoms with van der Waals surface area (Å²) >= 11 is 0.535. The maximum atomic E-state index is 12.5. The summed E-state index contributed by atoms with van der Waals surface area (Å²) in [6, 6.07) is 7.83. The van der Waals surface area contributed by atoms with Crippen molar-refractivity contribution in [2.24, 2.45) is 10.2 Å². The summed E-state index contributed by atoms with van der Waals surface area (Å²) in [4.78, 5) is 38.0. The van der Waals surface area contributed by atoms with Crippen LogP contribution in [0, 0.1) is 0 Å². The van der Waals surface area contributed by atoms with E-state index in [0.717, 1.165) is 10.6 Å². The normalized spacial score (nSPS) is 11.5. The minimum atomic E-state index is -1.36. The van der Waals surface area contributed by atoms with Crippen molar-refractivity contribution in [2.45, 2.75) is 4.90 Å². The number of hydrogen-bond donors (Lipinski definition) is 5. The van der Waals surface area contributed by atoms with Gasteiger partial charge < -0.3 is 20.3 Å². The highest BCUT2D eigenvalue weighted by molar-refractivity contribution is 7.94. The fourth-order valence-corrected chi connectivity index (χ4v) is 3.33. The van der Waals surface area contributed by atoms with Crippen LogP contribution in [0.2, 0.25) is 0 Å². The molecular formula is C18H11N5O9S. The smallest absolute Gasteiger partial charge is 0.338 e. The Balaban J connectivity index is 1.79. The fraction of sp³-hybridized carbons (Fsp3) is 0. The van der Waals surface area contributed by atoms with Crippen LogP contribution in [0.4, 0.5) is 11.4 Å². The summed E-state index contributed by atoms with van der Waals surface area (Å²) in [6.07, 6.45) is 0. The average Bonchev–Trinajstić information content (AvgIpc) is 3.15. The van der Waals surface area contributed by atoms with E-state index >= 15 is 0 Å². The number of nitrogens with zero attached hydrogens (tertiary/aromatic N) is 4. The third-order valence-corrected chi connectivity index (χ3v) is 4.97. The molecule has 0 amide bonds. The Labute approximate surface area is 185 Å². The van der Waals surface area contributed by atoms with Crippen molar-refractivity contribution in [2.75, 3.05) is 0 Å². The Morgan fingerprint density at radius 3 is 2.58 bits per heavy atom. The average molecular weight is 473 g/mol. The maximum Gasteiger partial charge on any atom is 0.338 e. The molecular weight excluding hydrogens is 462 g/mol. The van der Waals surface area contributed by atoms with Crippen molar-refractivity contribution in [1.29, 1.82) is 0 Å². The molecule has 0 aliphatic carbocycles. The first kappa shape index (κ1) is 21.9.